The molecule has 0 unspecified atom stereocenters. The number of carbonyl (C=O) groups excluding carboxylic acids is 1. The summed E-state index contributed by atoms with van der Waals surface area (Å²) in [5, 5.41) is 4.25. The average Bonchev–Trinajstić information content (AvgIpc) is 2.78. The summed E-state index contributed by atoms with van der Waals surface area (Å²) in [7, 11) is 1.82. The zero-order chi connectivity index (χ0) is 15.4. The van der Waals surface area contributed by atoms with Crippen molar-refractivity contribution in [2.24, 2.45) is 12.8 Å². The van der Waals surface area contributed by atoms with Crippen molar-refractivity contribution in [2.45, 2.75) is 20.3 Å². The standard InChI is InChI=1S/C16H22N4O/c1-12-6-4-7-14(10-12)20(9-5-8-17)16(21)15-11-19(3)18-13(15)2/h4,6-7,10-11H,5,8-9,17H2,1-3H3. The second kappa shape index (κ2) is 6.54. The number of aryl methyl sites for hydroxylation is 3. The predicted molar refractivity (Wildman–Crippen MR) is 84.5 cm³/mol. The second-order valence-corrected chi connectivity index (χ2v) is 5.24. The molecule has 1 amide bonds. The Balaban J connectivity index is 2.35. The number of nitrogens with two attached hydrogens (primary N) is 1. The molecule has 0 radical (unpaired) electrons. The molecule has 1 aromatic carbocycles. The van der Waals surface area contributed by atoms with Gasteiger partial charge in [-0.1, -0.05) is 12.1 Å². The van der Waals surface area contributed by atoms with Crippen LogP contribution < -0.4 is 10.6 Å². The van der Waals surface area contributed by atoms with Crippen molar-refractivity contribution in [1.82, 2.24) is 9.78 Å². The number of aromatic nitrogens is 2. The van der Waals surface area contributed by atoms with E-state index in [1.807, 2.05) is 45.2 Å². The fourth-order valence-electron chi connectivity index (χ4n) is 2.35. The first-order valence-corrected chi connectivity index (χ1v) is 7.11. The number of carbonyl (C=O) groups is 1. The molecular formula is C16H22N4O. The van der Waals surface area contributed by atoms with Gasteiger partial charge in [-0.2, -0.15) is 5.10 Å². The summed E-state index contributed by atoms with van der Waals surface area (Å²) in [5.74, 6) is -0.0281. The Morgan fingerprint density at radius 1 is 1.38 bits per heavy atom. The number of hydrogen-bond acceptors (Lipinski definition) is 3. The molecule has 0 spiro atoms. The molecule has 112 valence electrons. The third-order valence-electron chi connectivity index (χ3n) is 3.39. The largest absolute Gasteiger partial charge is 0.330 e. The van der Waals surface area contributed by atoms with E-state index in [0.29, 0.717) is 18.7 Å². The van der Waals surface area contributed by atoms with Gasteiger partial charge in [0.05, 0.1) is 11.3 Å². The lowest BCUT2D eigenvalue weighted by Gasteiger charge is -2.23. The minimum absolute atomic E-state index is 0.0281. The third-order valence-corrected chi connectivity index (χ3v) is 3.39. The van der Waals surface area contributed by atoms with Gasteiger partial charge in [0.25, 0.3) is 5.91 Å². The van der Waals surface area contributed by atoms with Gasteiger partial charge in [0, 0.05) is 25.5 Å². The average molecular weight is 286 g/mol. The number of amides is 1. The van der Waals surface area contributed by atoms with Crippen LogP contribution in [0.15, 0.2) is 30.5 Å². The summed E-state index contributed by atoms with van der Waals surface area (Å²) in [4.78, 5) is 14.6. The zero-order valence-electron chi connectivity index (χ0n) is 12.8. The van der Waals surface area contributed by atoms with Crippen LogP contribution in [-0.4, -0.2) is 28.8 Å². The van der Waals surface area contributed by atoms with Crippen LogP contribution in [0.2, 0.25) is 0 Å². The van der Waals surface area contributed by atoms with Gasteiger partial charge in [-0.15, -0.1) is 0 Å². The van der Waals surface area contributed by atoms with Crippen LogP contribution in [-0.2, 0) is 7.05 Å². The highest BCUT2D eigenvalue weighted by molar-refractivity contribution is 6.06. The van der Waals surface area contributed by atoms with E-state index in [1.165, 1.54) is 0 Å². The number of benzene rings is 1. The van der Waals surface area contributed by atoms with Gasteiger partial charge in [0.2, 0.25) is 0 Å². The van der Waals surface area contributed by atoms with Gasteiger partial charge in [0.15, 0.2) is 0 Å². The lowest BCUT2D eigenvalue weighted by atomic mass is 10.1. The molecule has 1 heterocycles. The van der Waals surface area contributed by atoms with Gasteiger partial charge in [0.1, 0.15) is 0 Å². The molecule has 0 bridgehead atoms. The molecule has 5 heteroatoms. The van der Waals surface area contributed by atoms with Crippen molar-refractivity contribution in [3.05, 3.63) is 47.3 Å². The van der Waals surface area contributed by atoms with Crippen LogP contribution in [0.3, 0.4) is 0 Å². The number of anilines is 1. The number of rotatable bonds is 5. The maximum atomic E-state index is 12.8. The molecule has 2 rings (SSSR count). The van der Waals surface area contributed by atoms with E-state index in [-0.39, 0.29) is 5.91 Å². The fraction of sp³-hybridized carbons (Fsp3) is 0.375. The van der Waals surface area contributed by atoms with Gasteiger partial charge >= 0.3 is 0 Å². The molecule has 0 aliphatic carbocycles. The Kier molecular flexibility index (Phi) is 4.75. The minimum Gasteiger partial charge on any atom is -0.330 e. The van der Waals surface area contributed by atoms with Crippen molar-refractivity contribution >= 4 is 11.6 Å². The molecule has 5 nitrogen and oxygen atoms in total. The molecule has 0 aliphatic heterocycles. The smallest absolute Gasteiger partial charge is 0.261 e. The maximum Gasteiger partial charge on any atom is 0.261 e. The first-order chi connectivity index (χ1) is 10.0. The quantitative estimate of drug-likeness (QED) is 0.914. The summed E-state index contributed by atoms with van der Waals surface area (Å²) in [6, 6.07) is 7.95. The van der Waals surface area contributed by atoms with Crippen LogP contribution in [0.5, 0.6) is 0 Å². The molecule has 0 fully saturated rings. The van der Waals surface area contributed by atoms with Gasteiger partial charge < -0.3 is 10.6 Å². The Morgan fingerprint density at radius 3 is 2.71 bits per heavy atom. The van der Waals surface area contributed by atoms with E-state index in [0.717, 1.165) is 23.4 Å². The van der Waals surface area contributed by atoms with Gasteiger partial charge in [-0.25, -0.2) is 0 Å². The minimum atomic E-state index is -0.0281. The second-order valence-electron chi connectivity index (χ2n) is 5.24. The van der Waals surface area contributed by atoms with E-state index in [9.17, 15) is 4.79 Å². The van der Waals surface area contributed by atoms with Crippen LogP contribution in [0.25, 0.3) is 0 Å². The molecular weight excluding hydrogens is 264 g/mol. The fourth-order valence-corrected chi connectivity index (χ4v) is 2.35. The van der Waals surface area contributed by atoms with E-state index < -0.39 is 0 Å². The van der Waals surface area contributed by atoms with Crippen molar-refractivity contribution in [3.63, 3.8) is 0 Å². The highest BCUT2D eigenvalue weighted by Gasteiger charge is 2.21. The molecule has 0 saturated heterocycles. The van der Waals surface area contributed by atoms with Crippen molar-refractivity contribution in [3.8, 4) is 0 Å². The molecule has 0 saturated carbocycles. The topological polar surface area (TPSA) is 64.2 Å². The number of hydrogen-bond donors (Lipinski definition) is 1. The van der Waals surface area contributed by atoms with E-state index in [2.05, 4.69) is 5.10 Å². The summed E-state index contributed by atoms with van der Waals surface area (Å²) in [6.45, 7) is 5.03. The summed E-state index contributed by atoms with van der Waals surface area (Å²) < 4.78 is 1.67. The molecule has 0 aliphatic rings. The lowest BCUT2D eigenvalue weighted by Crippen LogP contribution is -2.33. The van der Waals surface area contributed by atoms with E-state index in [4.69, 9.17) is 5.73 Å². The maximum absolute atomic E-state index is 12.8. The first-order valence-electron chi connectivity index (χ1n) is 7.11. The normalized spacial score (nSPS) is 10.7. The third kappa shape index (κ3) is 3.49. The van der Waals surface area contributed by atoms with Crippen molar-refractivity contribution in [1.29, 1.82) is 0 Å². The van der Waals surface area contributed by atoms with Crippen LogP contribution in [0.4, 0.5) is 5.69 Å². The van der Waals surface area contributed by atoms with E-state index in [1.54, 1.807) is 15.8 Å². The Labute approximate surface area is 125 Å². The highest BCUT2D eigenvalue weighted by Crippen LogP contribution is 2.20. The zero-order valence-corrected chi connectivity index (χ0v) is 12.8. The molecule has 0 atom stereocenters. The summed E-state index contributed by atoms with van der Waals surface area (Å²) >= 11 is 0. The summed E-state index contributed by atoms with van der Waals surface area (Å²) in [6.07, 6.45) is 2.53. The molecule has 21 heavy (non-hydrogen) atoms. The molecule has 2 N–H and O–H groups in total. The highest BCUT2D eigenvalue weighted by atomic mass is 16.2. The number of nitrogens with zero attached hydrogens (tertiary/aromatic N) is 3. The Morgan fingerprint density at radius 2 is 2.14 bits per heavy atom. The first kappa shape index (κ1) is 15.3. The molecule has 1 aromatic heterocycles. The van der Waals surface area contributed by atoms with Crippen molar-refractivity contribution < 1.29 is 4.79 Å². The van der Waals surface area contributed by atoms with Gasteiger partial charge in [-0.05, 0) is 44.5 Å². The van der Waals surface area contributed by atoms with Crippen LogP contribution >= 0.6 is 0 Å². The lowest BCUT2D eigenvalue weighted by molar-refractivity contribution is 0.0986. The molecule has 2 aromatic rings. The predicted octanol–water partition coefficient (Wildman–Crippen LogP) is 2.03. The van der Waals surface area contributed by atoms with Crippen molar-refractivity contribution in [2.75, 3.05) is 18.0 Å². The van der Waals surface area contributed by atoms with Gasteiger partial charge in [-0.3, -0.25) is 9.48 Å². The van der Waals surface area contributed by atoms with E-state index >= 15 is 0 Å². The SMILES string of the molecule is Cc1cccc(N(CCCN)C(=O)c2cn(C)nc2C)c1. The monoisotopic (exact) mass is 286 g/mol. The Bertz CT molecular complexity index is 633. The summed E-state index contributed by atoms with van der Waals surface area (Å²) in [5.41, 5.74) is 9.01. The Hall–Kier alpha value is -2.14. The van der Waals surface area contributed by atoms with Crippen LogP contribution in [0.1, 0.15) is 28.0 Å². The van der Waals surface area contributed by atoms with Crippen LogP contribution in [0, 0.1) is 13.8 Å².